The van der Waals surface area contributed by atoms with Crippen molar-refractivity contribution in [3.05, 3.63) is 35.4 Å². The Labute approximate surface area is 111 Å². The van der Waals surface area contributed by atoms with Gasteiger partial charge >= 0.3 is 5.97 Å². The minimum absolute atomic E-state index is 0.369. The lowest BCUT2D eigenvalue weighted by Gasteiger charge is -2.10. The number of hydrogen-bond donors (Lipinski definition) is 0. The fourth-order valence-corrected chi connectivity index (χ4v) is 3.21. The summed E-state index contributed by atoms with van der Waals surface area (Å²) in [5.41, 5.74) is 1.31. The van der Waals surface area contributed by atoms with Crippen molar-refractivity contribution >= 4 is 16.8 Å². The molecule has 4 heteroatoms. The number of carbonyl (C=O) groups is 1. The molecule has 0 saturated carbocycles. The van der Waals surface area contributed by atoms with Gasteiger partial charge < -0.3 is 4.74 Å². The molecule has 0 aliphatic carbocycles. The predicted molar refractivity (Wildman–Crippen MR) is 73.9 cm³/mol. The summed E-state index contributed by atoms with van der Waals surface area (Å²) in [7, 11) is 0.419. The first-order valence-electron chi connectivity index (χ1n) is 6.09. The van der Waals surface area contributed by atoms with Gasteiger partial charge in [-0.3, -0.25) is 4.21 Å². The zero-order valence-electron chi connectivity index (χ0n) is 11.1. The molecule has 0 heterocycles. The molecule has 2 unspecified atom stereocenters. The normalized spacial score (nSPS) is 13.9. The van der Waals surface area contributed by atoms with Gasteiger partial charge in [-0.1, -0.05) is 38.5 Å². The molecule has 0 aliphatic heterocycles. The average Bonchev–Trinajstić information content (AvgIpc) is 2.38. The highest BCUT2D eigenvalue weighted by molar-refractivity contribution is 7.84. The van der Waals surface area contributed by atoms with Crippen LogP contribution in [-0.4, -0.2) is 23.0 Å². The van der Waals surface area contributed by atoms with Crippen LogP contribution in [0, 0.1) is 5.92 Å². The summed E-state index contributed by atoms with van der Waals surface area (Å²) in [6.07, 6.45) is 1.02. The van der Waals surface area contributed by atoms with E-state index in [2.05, 4.69) is 13.8 Å². The third-order valence-electron chi connectivity index (χ3n) is 2.91. The van der Waals surface area contributed by atoms with Gasteiger partial charge in [-0.15, -0.1) is 0 Å². The standard InChI is InChI=1S/C14H20O3S/c1-4-11(2)9-18(16)10-12-7-5-6-8-13(12)14(15)17-3/h5-8,11H,4,9-10H2,1-3H3. The number of ether oxygens (including phenoxy) is 1. The van der Waals surface area contributed by atoms with Crippen LogP contribution in [0.3, 0.4) is 0 Å². The molecule has 0 aliphatic rings. The Morgan fingerprint density at radius 2 is 2.06 bits per heavy atom. The van der Waals surface area contributed by atoms with E-state index in [1.54, 1.807) is 12.1 Å². The van der Waals surface area contributed by atoms with Crippen molar-refractivity contribution in [2.24, 2.45) is 5.92 Å². The largest absolute Gasteiger partial charge is 0.465 e. The molecule has 0 aromatic heterocycles. The zero-order valence-corrected chi connectivity index (χ0v) is 12.0. The predicted octanol–water partition coefficient (Wildman–Crippen LogP) is 2.77. The lowest BCUT2D eigenvalue weighted by Crippen LogP contribution is -2.12. The van der Waals surface area contributed by atoms with Crippen LogP contribution in [0.25, 0.3) is 0 Å². The van der Waals surface area contributed by atoms with E-state index in [0.29, 0.717) is 23.0 Å². The van der Waals surface area contributed by atoms with Crippen molar-refractivity contribution in [2.75, 3.05) is 12.9 Å². The molecule has 0 bridgehead atoms. The number of hydrogen-bond acceptors (Lipinski definition) is 3. The summed E-state index contributed by atoms with van der Waals surface area (Å²) in [5.74, 6) is 1.16. The molecule has 18 heavy (non-hydrogen) atoms. The Balaban J connectivity index is 2.78. The first kappa shape index (κ1) is 14.9. The van der Waals surface area contributed by atoms with Crippen molar-refractivity contribution in [2.45, 2.75) is 26.0 Å². The highest BCUT2D eigenvalue weighted by Crippen LogP contribution is 2.14. The summed E-state index contributed by atoms with van der Waals surface area (Å²) in [6, 6.07) is 7.18. The Kier molecular flexibility index (Phi) is 6.05. The van der Waals surface area contributed by atoms with E-state index in [4.69, 9.17) is 4.74 Å². The molecule has 100 valence electrons. The van der Waals surface area contributed by atoms with E-state index >= 15 is 0 Å². The second-order valence-corrected chi connectivity index (χ2v) is 5.91. The van der Waals surface area contributed by atoms with E-state index in [-0.39, 0.29) is 5.97 Å². The van der Waals surface area contributed by atoms with Gasteiger partial charge in [-0.25, -0.2) is 4.79 Å². The molecule has 3 nitrogen and oxygen atoms in total. The second-order valence-electron chi connectivity index (χ2n) is 4.41. The molecule has 1 aromatic carbocycles. The van der Waals surface area contributed by atoms with Crippen molar-refractivity contribution in [1.82, 2.24) is 0 Å². The Hall–Kier alpha value is -1.16. The molecular formula is C14H20O3S. The lowest BCUT2D eigenvalue weighted by molar-refractivity contribution is 0.0600. The van der Waals surface area contributed by atoms with Crippen molar-refractivity contribution < 1.29 is 13.7 Å². The van der Waals surface area contributed by atoms with Crippen LogP contribution in [0.4, 0.5) is 0 Å². The SMILES string of the molecule is CCC(C)CS(=O)Cc1ccccc1C(=O)OC. The van der Waals surface area contributed by atoms with Crippen molar-refractivity contribution in [3.63, 3.8) is 0 Å². The summed E-state index contributed by atoms with van der Waals surface area (Å²) in [4.78, 5) is 11.6. The number of rotatable bonds is 6. The van der Waals surface area contributed by atoms with Crippen LogP contribution >= 0.6 is 0 Å². The van der Waals surface area contributed by atoms with Gasteiger partial charge in [0.25, 0.3) is 0 Å². The number of carbonyl (C=O) groups excluding carboxylic acids is 1. The summed E-state index contributed by atoms with van der Waals surface area (Å²) in [6.45, 7) is 4.17. The molecule has 2 atom stereocenters. The van der Waals surface area contributed by atoms with E-state index in [0.717, 1.165) is 12.0 Å². The fraction of sp³-hybridized carbons (Fsp3) is 0.500. The summed E-state index contributed by atoms with van der Waals surface area (Å²) < 4.78 is 16.7. The molecule has 1 aromatic rings. The first-order valence-corrected chi connectivity index (χ1v) is 7.58. The van der Waals surface area contributed by atoms with E-state index in [9.17, 15) is 9.00 Å². The summed E-state index contributed by atoms with van der Waals surface area (Å²) >= 11 is 0. The molecule has 1 rings (SSSR count). The molecule has 0 amide bonds. The topological polar surface area (TPSA) is 43.4 Å². The maximum Gasteiger partial charge on any atom is 0.338 e. The maximum absolute atomic E-state index is 12.0. The first-order chi connectivity index (χ1) is 8.58. The lowest BCUT2D eigenvalue weighted by atomic mass is 10.1. The van der Waals surface area contributed by atoms with Crippen LogP contribution in [-0.2, 0) is 21.3 Å². The zero-order chi connectivity index (χ0) is 13.5. The van der Waals surface area contributed by atoms with Gasteiger partial charge in [0, 0.05) is 22.3 Å². The van der Waals surface area contributed by atoms with Gasteiger partial charge in [-0.05, 0) is 17.5 Å². The number of esters is 1. The Morgan fingerprint density at radius 1 is 1.39 bits per heavy atom. The molecule has 0 spiro atoms. The van der Waals surface area contributed by atoms with Gasteiger partial charge in [-0.2, -0.15) is 0 Å². The molecule has 0 saturated heterocycles. The van der Waals surface area contributed by atoms with E-state index < -0.39 is 10.8 Å². The summed E-state index contributed by atoms with van der Waals surface area (Å²) in [5, 5.41) is 0. The maximum atomic E-state index is 12.0. The van der Waals surface area contributed by atoms with Crippen molar-refractivity contribution in [3.8, 4) is 0 Å². The smallest absolute Gasteiger partial charge is 0.338 e. The van der Waals surface area contributed by atoms with Gasteiger partial charge in [0.15, 0.2) is 0 Å². The fourth-order valence-electron chi connectivity index (χ4n) is 1.62. The number of methoxy groups -OCH3 is 1. The molecule has 0 N–H and O–H groups in total. The van der Waals surface area contributed by atoms with Crippen LogP contribution in [0.15, 0.2) is 24.3 Å². The number of benzene rings is 1. The van der Waals surface area contributed by atoms with Gasteiger partial charge in [0.2, 0.25) is 0 Å². The molecule has 0 radical (unpaired) electrons. The highest BCUT2D eigenvalue weighted by atomic mass is 32.2. The molecule has 0 fully saturated rings. The van der Waals surface area contributed by atoms with Crippen molar-refractivity contribution in [1.29, 1.82) is 0 Å². The minimum Gasteiger partial charge on any atom is -0.465 e. The quantitative estimate of drug-likeness (QED) is 0.745. The van der Waals surface area contributed by atoms with Gasteiger partial charge in [0.05, 0.1) is 12.7 Å². The monoisotopic (exact) mass is 268 g/mol. The van der Waals surface area contributed by atoms with Crippen LogP contribution < -0.4 is 0 Å². The third kappa shape index (κ3) is 4.26. The van der Waals surface area contributed by atoms with Crippen LogP contribution in [0.5, 0.6) is 0 Å². The van der Waals surface area contributed by atoms with Crippen LogP contribution in [0.1, 0.15) is 36.2 Å². The van der Waals surface area contributed by atoms with E-state index in [1.165, 1.54) is 7.11 Å². The average molecular weight is 268 g/mol. The molecular weight excluding hydrogens is 248 g/mol. The Morgan fingerprint density at radius 3 is 2.67 bits per heavy atom. The van der Waals surface area contributed by atoms with E-state index in [1.807, 2.05) is 12.1 Å². The third-order valence-corrected chi connectivity index (χ3v) is 4.48. The van der Waals surface area contributed by atoms with Gasteiger partial charge in [0.1, 0.15) is 0 Å². The highest BCUT2D eigenvalue weighted by Gasteiger charge is 2.14. The minimum atomic E-state index is -0.938. The van der Waals surface area contributed by atoms with Crippen LogP contribution in [0.2, 0.25) is 0 Å². The second kappa shape index (κ2) is 7.31. The Bertz CT molecular complexity index is 429.